The number of Topliss-reactive ketones (excluding diaryl/α,β-unsaturated/α-hetero) is 1. The zero-order chi connectivity index (χ0) is 10.8. The highest BCUT2D eigenvalue weighted by Crippen LogP contribution is 2.31. The fourth-order valence-corrected chi connectivity index (χ4v) is 2.38. The first-order valence-electron chi connectivity index (χ1n) is 5.56. The highest BCUT2D eigenvalue weighted by Gasteiger charge is 2.23. The summed E-state index contributed by atoms with van der Waals surface area (Å²) in [4.78, 5) is 11.8. The van der Waals surface area contributed by atoms with Crippen LogP contribution in [0.15, 0.2) is 18.2 Å². The Labute approximate surface area is 90.5 Å². The Morgan fingerprint density at radius 1 is 1.27 bits per heavy atom. The summed E-state index contributed by atoms with van der Waals surface area (Å²) in [5, 5.41) is 0. The van der Waals surface area contributed by atoms with Gasteiger partial charge in [-0.1, -0.05) is 12.5 Å². The van der Waals surface area contributed by atoms with Gasteiger partial charge in [-0.25, -0.2) is 0 Å². The summed E-state index contributed by atoms with van der Waals surface area (Å²) in [7, 11) is 0. The van der Waals surface area contributed by atoms with Crippen LogP contribution in [0.2, 0.25) is 0 Å². The Bertz CT molecular complexity index is 364. The number of carbonyl (C=O) groups is 1. The average molecular weight is 203 g/mol. The number of rotatable bonds is 1. The summed E-state index contributed by atoms with van der Waals surface area (Å²) >= 11 is 0. The van der Waals surface area contributed by atoms with Crippen LogP contribution in [0.25, 0.3) is 0 Å². The van der Waals surface area contributed by atoms with Crippen LogP contribution in [0, 0.1) is 6.92 Å². The minimum Gasteiger partial charge on any atom is -0.399 e. The summed E-state index contributed by atoms with van der Waals surface area (Å²) in [5.41, 5.74) is 8.82. The lowest BCUT2D eigenvalue weighted by Crippen LogP contribution is -2.17. The fraction of sp³-hybridized carbons (Fsp3) is 0.462. The van der Waals surface area contributed by atoms with E-state index in [9.17, 15) is 4.79 Å². The molecular weight excluding hydrogens is 186 g/mol. The molecule has 2 N–H and O–H groups in total. The van der Waals surface area contributed by atoms with Crippen LogP contribution >= 0.6 is 0 Å². The van der Waals surface area contributed by atoms with Crippen molar-refractivity contribution in [2.45, 2.75) is 38.5 Å². The fourth-order valence-electron chi connectivity index (χ4n) is 2.38. The van der Waals surface area contributed by atoms with Gasteiger partial charge in [0, 0.05) is 18.0 Å². The number of hydrogen-bond donors (Lipinski definition) is 1. The minimum atomic E-state index is 0.0981. The third kappa shape index (κ3) is 2.20. The van der Waals surface area contributed by atoms with Crippen LogP contribution in [-0.2, 0) is 4.79 Å². The topological polar surface area (TPSA) is 43.1 Å². The highest BCUT2D eigenvalue weighted by atomic mass is 16.1. The van der Waals surface area contributed by atoms with Crippen molar-refractivity contribution in [3.8, 4) is 0 Å². The third-order valence-corrected chi connectivity index (χ3v) is 3.08. The minimum absolute atomic E-state index is 0.0981. The smallest absolute Gasteiger partial charge is 0.140 e. The lowest BCUT2D eigenvalue weighted by molar-refractivity contribution is -0.121. The van der Waals surface area contributed by atoms with Crippen molar-refractivity contribution in [2.75, 3.05) is 5.73 Å². The van der Waals surface area contributed by atoms with Gasteiger partial charge in [-0.3, -0.25) is 4.79 Å². The van der Waals surface area contributed by atoms with E-state index in [4.69, 9.17) is 5.73 Å². The molecule has 1 fully saturated rings. The van der Waals surface area contributed by atoms with Gasteiger partial charge in [0.2, 0.25) is 0 Å². The number of aryl methyl sites for hydroxylation is 1. The Morgan fingerprint density at radius 2 is 2.07 bits per heavy atom. The van der Waals surface area contributed by atoms with Crippen molar-refractivity contribution in [1.29, 1.82) is 0 Å². The first-order chi connectivity index (χ1) is 7.16. The number of nitrogens with two attached hydrogens (primary N) is 1. The number of anilines is 1. The average Bonchev–Trinajstić information content (AvgIpc) is 2.16. The molecule has 0 saturated heterocycles. The van der Waals surface area contributed by atoms with E-state index >= 15 is 0 Å². The molecule has 0 spiro atoms. The molecule has 2 nitrogen and oxygen atoms in total. The van der Waals surface area contributed by atoms with E-state index in [1.807, 2.05) is 19.1 Å². The van der Waals surface area contributed by atoms with Gasteiger partial charge in [0.25, 0.3) is 0 Å². The molecule has 1 aromatic carbocycles. The predicted octanol–water partition coefficient (Wildman–Crippen LogP) is 2.80. The van der Waals surface area contributed by atoms with Crippen molar-refractivity contribution in [2.24, 2.45) is 0 Å². The van der Waals surface area contributed by atoms with E-state index in [2.05, 4.69) is 6.07 Å². The number of benzene rings is 1. The van der Waals surface area contributed by atoms with E-state index in [1.54, 1.807) is 0 Å². The molecule has 0 aliphatic heterocycles. The van der Waals surface area contributed by atoms with Gasteiger partial charge in [-0.15, -0.1) is 0 Å². The number of ketones is 1. The summed E-state index contributed by atoms with van der Waals surface area (Å²) < 4.78 is 0. The van der Waals surface area contributed by atoms with Gasteiger partial charge < -0.3 is 5.73 Å². The molecule has 0 bridgehead atoms. The molecule has 80 valence electrons. The Balaban J connectivity index is 2.31. The predicted molar refractivity (Wildman–Crippen MR) is 61.8 cm³/mol. The van der Waals surface area contributed by atoms with Gasteiger partial charge in [-0.05, 0) is 43.0 Å². The molecule has 1 aliphatic rings. The number of nitrogen functional groups attached to an aromatic ring is 1. The molecular formula is C13H17NO. The molecule has 2 rings (SSSR count). The van der Waals surface area contributed by atoms with Gasteiger partial charge in [0.1, 0.15) is 5.78 Å². The quantitative estimate of drug-likeness (QED) is 0.713. The maximum atomic E-state index is 11.8. The highest BCUT2D eigenvalue weighted by molar-refractivity contribution is 5.86. The maximum absolute atomic E-state index is 11.8. The number of carbonyl (C=O) groups excluding carboxylic acids is 1. The van der Waals surface area contributed by atoms with Gasteiger partial charge in [0.05, 0.1) is 0 Å². The largest absolute Gasteiger partial charge is 0.399 e. The molecule has 1 aliphatic carbocycles. The molecule has 1 saturated carbocycles. The zero-order valence-electron chi connectivity index (χ0n) is 9.12. The van der Waals surface area contributed by atoms with Crippen molar-refractivity contribution >= 4 is 11.5 Å². The van der Waals surface area contributed by atoms with Crippen LogP contribution in [0.1, 0.15) is 42.7 Å². The normalized spacial score (nSPS) is 21.7. The standard InChI is InChI=1S/C13H17NO/c1-9-6-10(8-11(14)7-9)12-4-2-3-5-13(12)15/h6-8,12H,2-5,14H2,1H3. The molecule has 0 radical (unpaired) electrons. The molecule has 2 heteroatoms. The van der Waals surface area contributed by atoms with Crippen molar-refractivity contribution < 1.29 is 4.79 Å². The maximum Gasteiger partial charge on any atom is 0.140 e. The molecule has 1 atom stereocenters. The molecule has 0 aromatic heterocycles. The van der Waals surface area contributed by atoms with Crippen molar-refractivity contribution in [1.82, 2.24) is 0 Å². The van der Waals surface area contributed by atoms with E-state index in [1.165, 1.54) is 0 Å². The van der Waals surface area contributed by atoms with E-state index in [0.29, 0.717) is 5.78 Å². The van der Waals surface area contributed by atoms with Gasteiger partial charge >= 0.3 is 0 Å². The molecule has 15 heavy (non-hydrogen) atoms. The number of hydrogen-bond acceptors (Lipinski definition) is 2. The second-order valence-corrected chi connectivity index (χ2v) is 4.44. The lowest BCUT2D eigenvalue weighted by atomic mass is 9.82. The van der Waals surface area contributed by atoms with E-state index in [-0.39, 0.29) is 5.92 Å². The zero-order valence-corrected chi connectivity index (χ0v) is 9.12. The first kappa shape index (κ1) is 10.2. The van der Waals surface area contributed by atoms with Crippen LogP contribution in [0.4, 0.5) is 5.69 Å². The summed E-state index contributed by atoms with van der Waals surface area (Å²) in [6, 6.07) is 5.97. The Hall–Kier alpha value is -1.31. The monoisotopic (exact) mass is 203 g/mol. The van der Waals surface area contributed by atoms with Crippen LogP contribution in [-0.4, -0.2) is 5.78 Å². The molecule has 1 aromatic rings. The van der Waals surface area contributed by atoms with Crippen molar-refractivity contribution in [3.63, 3.8) is 0 Å². The van der Waals surface area contributed by atoms with Crippen LogP contribution in [0.5, 0.6) is 0 Å². The lowest BCUT2D eigenvalue weighted by Gasteiger charge is -2.21. The molecule has 0 amide bonds. The van der Waals surface area contributed by atoms with E-state index < -0.39 is 0 Å². The second-order valence-electron chi connectivity index (χ2n) is 4.44. The van der Waals surface area contributed by atoms with Gasteiger partial charge in [-0.2, -0.15) is 0 Å². The van der Waals surface area contributed by atoms with Crippen molar-refractivity contribution in [3.05, 3.63) is 29.3 Å². The third-order valence-electron chi connectivity index (χ3n) is 3.08. The van der Waals surface area contributed by atoms with E-state index in [0.717, 1.165) is 42.5 Å². The SMILES string of the molecule is Cc1cc(N)cc(C2CCCCC2=O)c1. The summed E-state index contributed by atoms with van der Waals surface area (Å²) in [6.07, 6.45) is 3.93. The van der Waals surface area contributed by atoms with Crippen LogP contribution in [0.3, 0.4) is 0 Å². The molecule has 1 unspecified atom stereocenters. The summed E-state index contributed by atoms with van der Waals surface area (Å²) in [5.74, 6) is 0.479. The Kier molecular flexibility index (Phi) is 2.76. The first-order valence-corrected chi connectivity index (χ1v) is 5.56. The summed E-state index contributed by atoms with van der Waals surface area (Å²) in [6.45, 7) is 2.02. The van der Waals surface area contributed by atoms with Crippen LogP contribution < -0.4 is 5.73 Å². The molecule has 0 heterocycles. The second kappa shape index (κ2) is 4.05. The Morgan fingerprint density at radius 3 is 2.73 bits per heavy atom. The van der Waals surface area contributed by atoms with Gasteiger partial charge in [0.15, 0.2) is 0 Å².